The first-order valence-electron chi connectivity index (χ1n) is 11.8. The number of ether oxygens (including phenoxy) is 1. The fourth-order valence-electron chi connectivity index (χ4n) is 4.80. The number of benzene rings is 2. The molecule has 2 aromatic carbocycles. The summed E-state index contributed by atoms with van der Waals surface area (Å²) in [5, 5.41) is 10.8. The molecule has 0 saturated carbocycles. The minimum atomic E-state index is 0.179. The zero-order valence-corrected chi connectivity index (χ0v) is 19.8. The molecule has 0 spiro atoms. The van der Waals surface area contributed by atoms with E-state index in [1.807, 2.05) is 18.2 Å². The van der Waals surface area contributed by atoms with E-state index in [9.17, 15) is 5.11 Å². The average molecular weight is 440 g/mol. The van der Waals surface area contributed by atoms with Crippen LogP contribution in [0, 0.1) is 0 Å². The summed E-state index contributed by atoms with van der Waals surface area (Å²) in [5.41, 5.74) is 7.17. The van der Waals surface area contributed by atoms with Gasteiger partial charge in [0.15, 0.2) is 0 Å². The van der Waals surface area contributed by atoms with Gasteiger partial charge in [-0.2, -0.15) is 0 Å². The molecule has 2 radical (unpaired) electrons. The summed E-state index contributed by atoms with van der Waals surface area (Å²) in [4.78, 5) is 5.92. The maximum absolute atomic E-state index is 9.53. The van der Waals surface area contributed by atoms with Crippen LogP contribution in [0.1, 0.15) is 49.0 Å². The summed E-state index contributed by atoms with van der Waals surface area (Å²) in [7, 11) is 9.85. The molecule has 1 aromatic heterocycles. The summed E-state index contributed by atoms with van der Waals surface area (Å²) in [6.07, 6.45) is 11.4. The number of aromatic hydroxyl groups is 1. The molecule has 0 saturated heterocycles. The fourth-order valence-corrected chi connectivity index (χ4v) is 4.80. The summed E-state index contributed by atoms with van der Waals surface area (Å²) < 4.78 is 5.19. The lowest BCUT2D eigenvalue weighted by molar-refractivity contribution is 0.142. The second-order valence-corrected chi connectivity index (χ2v) is 8.94. The van der Waals surface area contributed by atoms with Crippen LogP contribution in [0.15, 0.2) is 66.3 Å². The number of aromatic nitrogens is 1. The van der Waals surface area contributed by atoms with Gasteiger partial charge in [0.1, 0.15) is 13.6 Å². The second kappa shape index (κ2) is 10.5. The molecule has 170 valence electrons. The quantitative estimate of drug-likeness (QED) is 0.566. The maximum Gasteiger partial charge on any atom is 0.115 e. The summed E-state index contributed by atoms with van der Waals surface area (Å²) in [5.74, 6) is 0.298. The third-order valence-electron chi connectivity index (χ3n) is 6.58. The predicted octanol–water partition coefficient (Wildman–Crippen LogP) is 4.93. The molecule has 5 heteroatoms. The Kier molecular flexibility index (Phi) is 7.41. The van der Waals surface area contributed by atoms with Crippen LogP contribution in [0.5, 0.6) is 5.75 Å². The summed E-state index contributed by atoms with van der Waals surface area (Å²) in [6, 6.07) is 13.7. The zero-order chi connectivity index (χ0) is 23.4. The Balaban J connectivity index is 0.000000200. The Morgan fingerprint density at radius 1 is 1.18 bits per heavy atom. The van der Waals surface area contributed by atoms with E-state index in [1.54, 1.807) is 19.2 Å². The molecular formula is C28H33BN2O2. The van der Waals surface area contributed by atoms with Crippen LogP contribution in [0.4, 0.5) is 0 Å². The predicted molar refractivity (Wildman–Crippen MR) is 138 cm³/mol. The van der Waals surface area contributed by atoms with Gasteiger partial charge in [0.2, 0.25) is 0 Å². The first-order chi connectivity index (χ1) is 16.0. The standard InChI is InChI=1S/C18H17BN2O.C10H16O/c1-21-9-8-14-15-10-12(19)4-7-16(15)20-17(14)18(21)11-2-5-13(22)6-3-11;1-3-4-9-5-7-10(11-2)8-6-9/h2-7,10,18,20,22H,8-9H2,1H3;5-7,10H,3-4,8H2,1-2H3. The third-order valence-corrected chi connectivity index (χ3v) is 6.58. The molecule has 1 aliphatic carbocycles. The monoisotopic (exact) mass is 440 g/mol. The first-order valence-corrected chi connectivity index (χ1v) is 11.8. The van der Waals surface area contributed by atoms with Crippen LogP contribution in [-0.2, 0) is 11.2 Å². The molecule has 2 atom stereocenters. The van der Waals surface area contributed by atoms with E-state index in [0.717, 1.165) is 30.4 Å². The van der Waals surface area contributed by atoms with Crippen molar-refractivity contribution in [2.45, 2.75) is 44.8 Å². The minimum absolute atomic E-state index is 0.179. The minimum Gasteiger partial charge on any atom is -0.508 e. The van der Waals surface area contributed by atoms with Crippen LogP contribution in [0.2, 0.25) is 0 Å². The van der Waals surface area contributed by atoms with Gasteiger partial charge in [0.25, 0.3) is 0 Å². The van der Waals surface area contributed by atoms with Gasteiger partial charge in [-0.3, -0.25) is 4.90 Å². The van der Waals surface area contributed by atoms with Gasteiger partial charge in [-0.15, -0.1) is 0 Å². The lowest BCUT2D eigenvalue weighted by Gasteiger charge is -2.33. The van der Waals surface area contributed by atoms with Crippen molar-refractivity contribution >= 4 is 24.2 Å². The van der Waals surface area contributed by atoms with E-state index in [1.165, 1.54) is 40.6 Å². The highest BCUT2D eigenvalue weighted by Gasteiger charge is 2.29. The van der Waals surface area contributed by atoms with Gasteiger partial charge in [-0.05, 0) is 55.6 Å². The van der Waals surface area contributed by atoms with Crippen molar-refractivity contribution in [1.29, 1.82) is 0 Å². The molecule has 2 unspecified atom stereocenters. The average Bonchev–Trinajstić information content (AvgIpc) is 3.18. The van der Waals surface area contributed by atoms with Gasteiger partial charge in [0.05, 0.1) is 12.1 Å². The number of nitrogens with one attached hydrogen (secondary N) is 1. The van der Waals surface area contributed by atoms with Crippen LogP contribution < -0.4 is 5.46 Å². The highest BCUT2D eigenvalue weighted by Crippen LogP contribution is 2.37. The van der Waals surface area contributed by atoms with Gasteiger partial charge in [-0.25, -0.2) is 0 Å². The number of rotatable bonds is 4. The van der Waals surface area contributed by atoms with Crippen molar-refractivity contribution in [3.63, 3.8) is 0 Å². The normalized spacial score (nSPS) is 20.2. The summed E-state index contributed by atoms with van der Waals surface area (Å²) in [6.45, 7) is 3.21. The molecular weight excluding hydrogens is 407 g/mol. The number of allylic oxidation sites excluding steroid dienone is 2. The molecule has 2 heterocycles. The van der Waals surface area contributed by atoms with Crippen LogP contribution >= 0.6 is 0 Å². The van der Waals surface area contributed by atoms with Gasteiger partial charge >= 0.3 is 0 Å². The topological polar surface area (TPSA) is 48.5 Å². The van der Waals surface area contributed by atoms with Crippen molar-refractivity contribution in [1.82, 2.24) is 9.88 Å². The van der Waals surface area contributed by atoms with Gasteiger partial charge in [0, 0.05) is 30.3 Å². The molecule has 0 amide bonds. The largest absolute Gasteiger partial charge is 0.508 e. The van der Waals surface area contributed by atoms with E-state index >= 15 is 0 Å². The molecule has 2 aliphatic rings. The number of hydrogen-bond acceptors (Lipinski definition) is 3. The van der Waals surface area contributed by atoms with E-state index in [2.05, 4.69) is 54.2 Å². The number of hydrogen-bond donors (Lipinski definition) is 2. The number of nitrogens with zero attached hydrogens (tertiary/aromatic N) is 1. The van der Waals surface area contributed by atoms with Crippen LogP contribution in [0.25, 0.3) is 10.9 Å². The van der Waals surface area contributed by atoms with Crippen molar-refractivity contribution in [2.75, 3.05) is 20.7 Å². The summed E-state index contributed by atoms with van der Waals surface area (Å²) >= 11 is 0. The molecule has 4 nitrogen and oxygen atoms in total. The van der Waals surface area contributed by atoms with Crippen molar-refractivity contribution in [2.24, 2.45) is 0 Å². The van der Waals surface area contributed by atoms with Gasteiger partial charge in [-0.1, -0.05) is 66.9 Å². The Labute approximate surface area is 198 Å². The number of fused-ring (bicyclic) bond motifs is 3. The lowest BCUT2D eigenvalue weighted by atomic mass is 9.90. The van der Waals surface area contributed by atoms with Crippen molar-refractivity contribution in [3.8, 4) is 5.75 Å². The molecule has 1 aliphatic heterocycles. The molecule has 0 fully saturated rings. The number of methoxy groups -OCH3 is 1. The Bertz CT molecular complexity index is 1150. The number of phenolic OH excluding ortho intramolecular Hbond substituents is 1. The third kappa shape index (κ3) is 5.26. The SMILES string of the molecule is CCCC1=CCC(OC)C=C1.[B]c1ccc2[nH]c3c(c2c1)CCN(C)C3c1ccc(O)cc1. The van der Waals surface area contributed by atoms with E-state index in [4.69, 9.17) is 12.6 Å². The van der Waals surface area contributed by atoms with Crippen LogP contribution in [-0.4, -0.2) is 49.6 Å². The molecule has 3 aromatic rings. The molecule has 33 heavy (non-hydrogen) atoms. The Morgan fingerprint density at radius 2 is 1.97 bits per heavy atom. The van der Waals surface area contributed by atoms with E-state index in [-0.39, 0.29) is 6.04 Å². The van der Waals surface area contributed by atoms with E-state index in [0.29, 0.717) is 11.9 Å². The lowest BCUT2D eigenvalue weighted by Crippen LogP contribution is -2.32. The smallest absolute Gasteiger partial charge is 0.115 e. The zero-order valence-electron chi connectivity index (χ0n) is 19.8. The first kappa shape index (κ1) is 23.4. The number of aromatic amines is 1. The maximum atomic E-state index is 9.53. The number of H-pyrrole nitrogens is 1. The highest BCUT2D eigenvalue weighted by molar-refractivity contribution is 6.33. The van der Waals surface area contributed by atoms with Crippen molar-refractivity contribution < 1.29 is 9.84 Å². The Morgan fingerprint density at radius 3 is 2.64 bits per heavy atom. The highest BCUT2D eigenvalue weighted by atomic mass is 16.5. The van der Waals surface area contributed by atoms with Crippen molar-refractivity contribution in [3.05, 3.63) is 83.1 Å². The molecule has 2 N–H and O–H groups in total. The van der Waals surface area contributed by atoms with E-state index < -0.39 is 0 Å². The van der Waals surface area contributed by atoms with Crippen LogP contribution in [0.3, 0.4) is 0 Å². The molecule has 5 rings (SSSR count). The second-order valence-electron chi connectivity index (χ2n) is 8.94. The molecule has 0 bridgehead atoms. The number of likely N-dealkylation sites (N-methyl/N-ethyl adjacent to an activating group) is 1. The fraction of sp³-hybridized carbons (Fsp3) is 0.357. The Hall–Kier alpha value is -2.76. The number of phenols is 1. The van der Waals surface area contributed by atoms with Gasteiger partial charge < -0.3 is 14.8 Å².